The van der Waals surface area contributed by atoms with E-state index >= 15 is 0 Å². The number of aryl methyl sites for hydroxylation is 2. The molecule has 0 saturated heterocycles. The molecule has 3 rings (SSSR count). The summed E-state index contributed by atoms with van der Waals surface area (Å²) in [6.45, 7) is 4.60. The number of benzene rings is 1. The number of nitrogens with zero attached hydrogens (tertiary/aromatic N) is 3. The van der Waals surface area contributed by atoms with Crippen molar-refractivity contribution in [3.05, 3.63) is 45.7 Å². The molecule has 21 heavy (non-hydrogen) atoms. The van der Waals surface area contributed by atoms with E-state index in [4.69, 9.17) is 0 Å². The van der Waals surface area contributed by atoms with E-state index in [9.17, 15) is 9.90 Å². The molecular formula is C15H15N3O2S. The summed E-state index contributed by atoms with van der Waals surface area (Å²) in [5.74, 6) is -0.0306. The van der Waals surface area contributed by atoms with Crippen LogP contribution in [0.3, 0.4) is 0 Å². The number of para-hydroxylation sites is 1. The van der Waals surface area contributed by atoms with Crippen LogP contribution < -0.4 is 0 Å². The Morgan fingerprint density at radius 3 is 2.86 bits per heavy atom. The van der Waals surface area contributed by atoms with Crippen molar-refractivity contribution >= 4 is 28.3 Å². The SMILES string of the molecule is CCc1nc2cccc(C(=O)O)c2n1Cc1scnc1C. The number of rotatable bonds is 4. The molecule has 0 spiro atoms. The maximum Gasteiger partial charge on any atom is 0.337 e. The molecule has 5 nitrogen and oxygen atoms in total. The van der Waals surface area contributed by atoms with Crippen LogP contribution in [0.25, 0.3) is 11.0 Å². The highest BCUT2D eigenvalue weighted by Crippen LogP contribution is 2.24. The second-order valence-electron chi connectivity index (χ2n) is 4.81. The summed E-state index contributed by atoms with van der Waals surface area (Å²) in [6, 6.07) is 5.22. The lowest BCUT2D eigenvalue weighted by molar-refractivity contribution is 0.0698. The van der Waals surface area contributed by atoms with Crippen molar-refractivity contribution in [1.82, 2.24) is 14.5 Å². The first-order valence-corrected chi connectivity index (χ1v) is 7.60. The average molecular weight is 301 g/mol. The Hall–Kier alpha value is -2.21. The molecule has 0 fully saturated rings. The molecule has 1 N–H and O–H groups in total. The molecule has 0 aliphatic rings. The van der Waals surface area contributed by atoms with E-state index in [1.807, 2.05) is 30.0 Å². The van der Waals surface area contributed by atoms with Crippen molar-refractivity contribution in [3.8, 4) is 0 Å². The van der Waals surface area contributed by atoms with Gasteiger partial charge >= 0.3 is 5.97 Å². The zero-order valence-corrected chi connectivity index (χ0v) is 12.6. The fourth-order valence-corrected chi connectivity index (χ4v) is 3.23. The molecule has 0 aliphatic heterocycles. The Morgan fingerprint density at radius 2 is 2.24 bits per heavy atom. The normalized spacial score (nSPS) is 11.1. The fraction of sp³-hybridized carbons (Fsp3) is 0.267. The quantitative estimate of drug-likeness (QED) is 0.804. The predicted molar refractivity (Wildman–Crippen MR) is 82.0 cm³/mol. The molecule has 0 atom stereocenters. The number of thiazole rings is 1. The lowest BCUT2D eigenvalue weighted by atomic mass is 10.2. The van der Waals surface area contributed by atoms with E-state index in [0.717, 1.165) is 28.3 Å². The third-order valence-corrected chi connectivity index (χ3v) is 4.46. The van der Waals surface area contributed by atoms with Gasteiger partial charge in [0.1, 0.15) is 5.82 Å². The number of imidazole rings is 1. The van der Waals surface area contributed by atoms with Crippen LogP contribution in [-0.2, 0) is 13.0 Å². The zero-order valence-electron chi connectivity index (χ0n) is 11.8. The van der Waals surface area contributed by atoms with E-state index < -0.39 is 5.97 Å². The minimum atomic E-state index is -0.926. The molecule has 2 aromatic heterocycles. The van der Waals surface area contributed by atoms with E-state index in [2.05, 4.69) is 9.97 Å². The van der Waals surface area contributed by atoms with Gasteiger partial charge in [0.25, 0.3) is 0 Å². The fourth-order valence-electron chi connectivity index (χ4n) is 2.47. The van der Waals surface area contributed by atoms with Gasteiger partial charge in [0.15, 0.2) is 0 Å². The molecule has 0 radical (unpaired) electrons. The van der Waals surface area contributed by atoms with Gasteiger partial charge in [-0.2, -0.15) is 0 Å². The number of hydrogen-bond donors (Lipinski definition) is 1. The van der Waals surface area contributed by atoms with Crippen LogP contribution in [0.2, 0.25) is 0 Å². The van der Waals surface area contributed by atoms with Crippen molar-refractivity contribution < 1.29 is 9.90 Å². The molecule has 3 aromatic rings. The molecule has 0 unspecified atom stereocenters. The molecule has 0 aliphatic carbocycles. The second-order valence-corrected chi connectivity index (χ2v) is 5.75. The van der Waals surface area contributed by atoms with Gasteiger partial charge < -0.3 is 9.67 Å². The Kier molecular flexibility index (Phi) is 3.47. The number of aromatic nitrogens is 3. The number of carboxylic acids is 1. The van der Waals surface area contributed by atoms with E-state index in [1.165, 1.54) is 0 Å². The summed E-state index contributed by atoms with van der Waals surface area (Å²) in [5, 5.41) is 9.42. The van der Waals surface area contributed by atoms with Crippen molar-refractivity contribution in [2.45, 2.75) is 26.8 Å². The highest BCUT2D eigenvalue weighted by atomic mass is 32.1. The molecule has 108 valence electrons. The van der Waals surface area contributed by atoms with Crippen LogP contribution in [0.4, 0.5) is 0 Å². The van der Waals surface area contributed by atoms with Gasteiger partial charge in [0.2, 0.25) is 0 Å². The maximum atomic E-state index is 11.5. The maximum absolute atomic E-state index is 11.5. The summed E-state index contributed by atoms with van der Waals surface area (Å²) in [4.78, 5) is 21.4. The number of carboxylic acid groups (broad SMARTS) is 1. The molecule has 1 aromatic carbocycles. The minimum Gasteiger partial charge on any atom is -0.478 e. The number of carbonyl (C=O) groups is 1. The zero-order chi connectivity index (χ0) is 15.0. The number of fused-ring (bicyclic) bond motifs is 1. The first-order valence-electron chi connectivity index (χ1n) is 6.72. The van der Waals surface area contributed by atoms with E-state index in [1.54, 1.807) is 23.5 Å². The molecule has 0 bridgehead atoms. The highest BCUT2D eigenvalue weighted by Gasteiger charge is 2.17. The first-order chi connectivity index (χ1) is 10.1. The highest BCUT2D eigenvalue weighted by molar-refractivity contribution is 7.09. The van der Waals surface area contributed by atoms with Gasteiger partial charge in [0, 0.05) is 11.3 Å². The van der Waals surface area contributed by atoms with Crippen LogP contribution >= 0.6 is 11.3 Å². The largest absolute Gasteiger partial charge is 0.478 e. The number of hydrogen-bond acceptors (Lipinski definition) is 4. The summed E-state index contributed by atoms with van der Waals surface area (Å²) in [7, 11) is 0. The molecule has 0 saturated carbocycles. The molecule has 6 heteroatoms. The van der Waals surface area contributed by atoms with Crippen LogP contribution in [0.1, 0.15) is 33.7 Å². The van der Waals surface area contributed by atoms with Gasteiger partial charge in [-0.3, -0.25) is 0 Å². The van der Waals surface area contributed by atoms with Gasteiger partial charge in [-0.25, -0.2) is 14.8 Å². The minimum absolute atomic E-state index is 0.293. The van der Waals surface area contributed by atoms with Crippen molar-refractivity contribution in [2.24, 2.45) is 0 Å². The predicted octanol–water partition coefficient (Wildman–Crippen LogP) is 3.11. The smallest absolute Gasteiger partial charge is 0.337 e. The van der Waals surface area contributed by atoms with Crippen LogP contribution in [0.5, 0.6) is 0 Å². The average Bonchev–Trinajstić information content (AvgIpc) is 3.03. The lowest BCUT2D eigenvalue weighted by Gasteiger charge is -2.09. The number of aromatic carboxylic acids is 1. The Balaban J connectivity index is 2.24. The van der Waals surface area contributed by atoms with Gasteiger partial charge in [0.05, 0.1) is 34.3 Å². The lowest BCUT2D eigenvalue weighted by Crippen LogP contribution is -2.07. The molecular weight excluding hydrogens is 286 g/mol. The van der Waals surface area contributed by atoms with Crippen LogP contribution in [0.15, 0.2) is 23.7 Å². The van der Waals surface area contributed by atoms with Crippen LogP contribution in [-0.4, -0.2) is 25.6 Å². The van der Waals surface area contributed by atoms with Gasteiger partial charge in [-0.05, 0) is 19.1 Å². The summed E-state index contributed by atoms with van der Waals surface area (Å²) >= 11 is 1.58. The van der Waals surface area contributed by atoms with Gasteiger partial charge in [-0.1, -0.05) is 13.0 Å². The van der Waals surface area contributed by atoms with Crippen molar-refractivity contribution in [3.63, 3.8) is 0 Å². The summed E-state index contributed by atoms with van der Waals surface area (Å²) in [6.07, 6.45) is 0.756. The van der Waals surface area contributed by atoms with E-state index in [-0.39, 0.29) is 0 Å². The Labute approximate surface area is 125 Å². The Bertz CT molecular complexity index is 820. The third-order valence-electron chi connectivity index (χ3n) is 3.54. The van der Waals surface area contributed by atoms with Crippen LogP contribution in [0, 0.1) is 6.92 Å². The Morgan fingerprint density at radius 1 is 1.43 bits per heavy atom. The summed E-state index contributed by atoms with van der Waals surface area (Å²) in [5.41, 5.74) is 4.51. The standard InChI is InChI=1S/C15H15N3O2S/c1-3-13-17-11-6-4-5-10(15(19)20)14(11)18(13)7-12-9(2)16-8-21-12/h4-6,8H,3,7H2,1-2H3,(H,19,20). The summed E-state index contributed by atoms with van der Waals surface area (Å²) < 4.78 is 2.00. The third kappa shape index (κ3) is 2.31. The second kappa shape index (κ2) is 5.29. The monoisotopic (exact) mass is 301 g/mol. The topological polar surface area (TPSA) is 68.0 Å². The van der Waals surface area contributed by atoms with Crippen molar-refractivity contribution in [1.29, 1.82) is 0 Å². The van der Waals surface area contributed by atoms with Gasteiger partial charge in [-0.15, -0.1) is 11.3 Å². The van der Waals surface area contributed by atoms with Crippen molar-refractivity contribution in [2.75, 3.05) is 0 Å². The molecule has 0 amide bonds. The van der Waals surface area contributed by atoms with E-state index in [0.29, 0.717) is 17.6 Å². The molecule has 2 heterocycles. The first kappa shape index (κ1) is 13.8.